The van der Waals surface area contributed by atoms with Crippen molar-refractivity contribution in [2.75, 3.05) is 0 Å². The molecule has 0 aliphatic rings. The van der Waals surface area contributed by atoms with Crippen LogP contribution in [0.15, 0.2) is 11.6 Å². The van der Waals surface area contributed by atoms with Gasteiger partial charge in [0.05, 0.1) is 0 Å². The molecule has 0 saturated heterocycles. The van der Waals surface area contributed by atoms with Crippen LogP contribution in [0.5, 0.6) is 0 Å². The first-order valence-electron chi connectivity index (χ1n) is 3.34. The Kier molecular flexibility index (Phi) is 2.96. The van der Waals surface area contributed by atoms with Crippen molar-refractivity contribution >= 4 is 0 Å². The van der Waals surface area contributed by atoms with Gasteiger partial charge in [-0.3, -0.25) is 0 Å². The highest BCUT2D eigenvalue weighted by Crippen LogP contribution is 2.19. The largest absolute Gasteiger partial charge is 0.0848 e. The maximum atomic E-state index is 5.46. The van der Waals surface area contributed by atoms with Gasteiger partial charge < -0.3 is 0 Å². The van der Waals surface area contributed by atoms with E-state index in [2.05, 4.69) is 26.8 Å². The van der Waals surface area contributed by atoms with E-state index in [0.29, 0.717) is 5.41 Å². The molecule has 0 rings (SSSR count). The van der Waals surface area contributed by atoms with Gasteiger partial charge in [0.2, 0.25) is 0 Å². The molecule has 0 aromatic rings. The average molecular weight is 124 g/mol. The third kappa shape index (κ3) is 7.74. The van der Waals surface area contributed by atoms with Crippen molar-refractivity contribution in [3.63, 3.8) is 0 Å². The van der Waals surface area contributed by atoms with Crippen LogP contribution in [0, 0.1) is 12.3 Å². The minimum absolute atomic E-state index is 0.376. The zero-order valence-corrected chi connectivity index (χ0v) is 6.86. The summed E-state index contributed by atoms with van der Waals surface area (Å²) < 4.78 is 0. The fourth-order valence-electron chi connectivity index (χ4n) is 0.467. The fraction of sp³-hybridized carbons (Fsp3) is 0.667. The first kappa shape index (κ1) is 8.74. The minimum atomic E-state index is 0.376. The Morgan fingerprint density at radius 2 is 1.89 bits per heavy atom. The molecule has 0 atom stereocenters. The van der Waals surface area contributed by atoms with Gasteiger partial charge in [-0.25, -0.2) is 0 Å². The van der Waals surface area contributed by atoms with Crippen LogP contribution >= 0.6 is 0 Å². The third-order valence-electron chi connectivity index (χ3n) is 1.04. The summed E-state index contributed by atoms with van der Waals surface area (Å²) in [5, 5.41) is 0. The first-order valence-corrected chi connectivity index (χ1v) is 3.34. The van der Waals surface area contributed by atoms with E-state index < -0.39 is 0 Å². The summed E-state index contributed by atoms with van der Waals surface area (Å²) >= 11 is 0. The van der Waals surface area contributed by atoms with Crippen molar-refractivity contribution in [2.45, 2.75) is 34.1 Å². The van der Waals surface area contributed by atoms with Gasteiger partial charge in [0.1, 0.15) is 0 Å². The summed E-state index contributed by atoms with van der Waals surface area (Å²) in [7, 11) is 0. The van der Waals surface area contributed by atoms with Crippen molar-refractivity contribution in [1.29, 1.82) is 0 Å². The van der Waals surface area contributed by atoms with E-state index in [9.17, 15) is 0 Å². The van der Waals surface area contributed by atoms with Crippen molar-refractivity contribution < 1.29 is 0 Å². The molecule has 0 heterocycles. The standard InChI is InChI=1S/C9H16/c1-8(2)6-7-9(3,4)5/h1,6H,7H2,2-5H3/b8-6-. The van der Waals surface area contributed by atoms with Gasteiger partial charge in [0, 0.05) is 0 Å². The van der Waals surface area contributed by atoms with Crippen LogP contribution < -0.4 is 0 Å². The van der Waals surface area contributed by atoms with Crippen molar-refractivity contribution in [3.05, 3.63) is 18.6 Å². The Hall–Kier alpha value is -0.260. The van der Waals surface area contributed by atoms with Crippen LogP contribution in [0.2, 0.25) is 0 Å². The second-order valence-electron chi connectivity index (χ2n) is 3.71. The van der Waals surface area contributed by atoms with Crippen LogP contribution in [-0.4, -0.2) is 0 Å². The number of hydrogen-bond acceptors (Lipinski definition) is 0. The molecule has 0 unspecified atom stereocenters. The Morgan fingerprint density at radius 1 is 1.44 bits per heavy atom. The molecule has 0 heteroatoms. The predicted molar refractivity (Wildman–Crippen MR) is 42.1 cm³/mol. The lowest BCUT2D eigenvalue weighted by Crippen LogP contribution is -2.01. The molecular weight excluding hydrogens is 108 g/mol. The molecule has 0 fully saturated rings. The quantitative estimate of drug-likeness (QED) is 0.504. The van der Waals surface area contributed by atoms with Gasteiger partial charge in [-0.1, -0.05) is 32.4 Å². The minimum Gasteiger partial charge on any atom is -0.0848 e. The monoisotopic (exact) mass is 124 g/mol. The molecule has 52 valence electrons. The van der Waals surface area contributed by atoms with Crippen LogP contribution in [0.3, 0.4) is 0 Å². The molecule has 0 spiro atoms. The lowest BCUT2D eigenvalue weighted by atomic mass is 9.91. The van der Waals surface area contributed by atoms with Gasteiger partial charge in [-0.2, -0.15) is 0 Å². The van der Waals surface area contributed by atoms with Crippen molar-refractivity contribution in [1.82, 2.24) is 0 Å². The van der Waals surface area contributed by atoms with E-state index in [4.69, 9.17) is 6.92 Å². The molecule has 0 aliphatic heterocycles. The Labute approximate surface area is 59.0 Å². The Morgan fingerprint density at radius 3 is 2.00 bits per heavy atom. The van der Waals surface area contributed by atoms with Crippen molar-refractivity contribution in [3.8, 4) is 0 Å². The molecule has 0 aromatic carbocycles. The van der Waals surface area contributed by atoms with E-state index in [-0.39, 0.29) is 0 Å². The van der Waals surface area contributed by atoms with E-state index in [0.717, 1.165) is 12.0 Å². The molecule has 0 amide bonds. The molecule has 0 aliphatic carbocycles. The summed E-state index contributed by atoms with van der Waals surface area (Å²) in [5.41, 5.74) is 1.30. The normalized spacial score (nSPS) is 14.1. The fourth-order valence-corrected chi connectivity index (χ4v) is 0.467. The molecular formula is C9H16. The zero-order chi connectivity index (χ0) is 7.49. The molecule has 9 heavy (non-hydrogen) atoms. The molecule has 0 aromatic heterocycles. The number of hydrogen-bond donors (Lipinski definition) is 0. The highest BCUT2D eigenvalue weighted by molar-refractivity contribution is 5.01. The van der Waals surface area contributed by atoms with Gasteiger partial charge in [-0.15, -0.1) is 0 Å². The van der Waals surface area contributed by atoms with E-state index in [1.807, 2.05) is 6.92 Å². The van der Waals surface area contributed by atoms with Gasteiger partial charge in [0.15, 0.2) is 0 Å². The predicted octanol–water partition coefficient (Wildman–Crippen LogP) is 3.08. The lowest BCUT2D eigenvalue weighted by Gasteiger charge is -2.14. The highest BCUT2D eigenvalue weighted by atomic mass is 14.1. The second kappa shape index (κ2) is 3.05. The summed E-state index contributed by atoms with van der Waals surface area (Å²) in [5.74, 6) is 0. The molecule has 0 saturated carbocycles. The molecule has 0 N–H and O–H groups in total. The van der Waals surface area contributed by atoms with Crippen LogP contribution in [0.1, 0.15) is 34.1 Å². The summed E-state index contributed by atoms with van der Waals surface area (Å²) in [6.45, 7) is 14.0. The van der Waals surface area contributed by atoms with E-state index >= 15 is 0 Å². The number of allylic oxidation sites excluding steroid dienone is 2. The van der Waals surface area contributed by atoms with Crippen LogP contribution in [-0.2, 0) is 0 Å². The van der Waals surface area contributed by atoms with E-state index in [1.54, 1.807) is 0 Å². The SMILES string of the molecule is [CH]/C(C)=C/CC(C)(C)C. The Balaban J connectivity index is 3.64. The molecule has 2 radical (unpaired) electrons. The summed E-state index contributed by atoms with van der Waals surface area (Å²) in [6, 6.07) is 0. The number of rotatable bonds is 1. The van der Waals surface area contributed by atoms with Crippen LogP contribution in [0.25, 0.3) is 0 Å². The maximum Gasteiger partial charge on any atom is -0.00630 e. The Bertz CT molecular complexity index is 97.7. The lowest BCUT2D eigenvalue weighted by molar-refractivity contribution is 0.420. The van der Waals surface area contributed by atoms with E-state index in [1.165, 1.54) is 0 Å². The van der Waals surface area contributed by atoms with Gasteiger partial charge in [0.25, 0.3) is 0 Å². The smallest absolute Gasteiger partial charge is 0.00630 e. The topological polar surface area (TPSA) is 0 Å². The first-order chi connectivity index (χ1) is 3.92. The molecule has 0 nitrogen and oxygen atoms in total. The van der Waals surface area contributed by atoms with Gasteiger partial charge in [-0.05, 0) is 25.7 Å². The van der Waals surface area contributed by atoms with Gasteiger partial charge >= 0.3 is 0 Å². The highest BCUT2D eigenvalue weighted by Gasteiger charge is 2.06. The summed E-state index contributed by atoms with van der Waals surface area (Å²) in [4.78, 5) is 0. The van der Waals surface area contributed by atoms with Crippen molar-refractivity contribution in [2.24, 2.45) is 5.41 Å². The summed E-state index contributed by atoms with van der Waals surface area (Å²) in [6.07, 6.45) is 3.13. The average Bonchev–Trinajstić information content (AvgIpc) is 1.59. The zero-order valence-electron chi connectivity index (χ0n) is 6.86. The molecule has 0 bridgehead atoms. The maximum absolute atomic E-state index is 5.46. The van der Waals surface area contributed by atoms with Crippen LogP contribution in [0.4, 0.5) is 0 Å². The second-order valence-corrected chi connectivity index (χ2v) is 3.71. The third-order valence-corrected chi connectivity index (χ3v) is 1.04.